The number of aromatic nitrogens is 2. The van der Waals surface area contributed by atoms with Crippen LogP contribution >= 0.6 is 11.8 Å². The van der Waals surface area contributed by atoms with Crippen molar-refractivity contribution in [1.29, 1.82) is 0 Å². The third-order valence-electron chi connectivity index (χ3n) is 6.95. The van der Waals surface area contributed by atoms with E-state index >= 15 is 0 Å². The lowest BCUT2D eigenvalue weighted by molar-refractivity contribution is -0.123. The van der Waals surface area contributed by atoms with Crippen LogP contribution in [-0.2, 0) is 9.59 Å². The SMILES string of the molecule is CC[C@H](C)NC(=O)CN1C(=O)CS[C@@H](c2ccc(F)cc2)c2c(-c3ccccc3)nn(-c3ccc(OC)cc3)c21. The minimum atomic E-state index is -0.334. The molecule has 7 nitrogen and oxygen atoms in total. The number of hydrogen-bond donors (Lipinski definition) is 1. The van der Waals surface area contributed by atoms with Crippen molar-refractivity contribution in [1.82, 2.24) is 15.1 Å². The van der Waals surface area contributed by atoms with Gasteiger partial charge >= 0.3 is 0 Å². The summed E-state index contributed by atoms with van der Waals surface area (Å²) < 4.78 is 21.0. The van der Waals surface area contributed by atoms with Gasteiger partial charge in [0.1, 0.15) is 23.9 Å². The Morgan fingerprint density at radius 3 is 2.45 bits per heavy atom. The molecule has 206 valence electrons. The van der Waals surface area contributed by atoms with E-state index in [9.17, 15) is 14.0 Å². The summed E-state index contributed by atoms with van der Waals surface area (Å²) in [5.74, 6) is 0.564. The second kappa shape index (κ2) is 12.0. The standard InChI is InChI=1S/C31H31FN4O3S/c1-4-20(2)33-26(37)18-35-27(38)19-40-30(22-10-12-23(32)13-11-22)28-29(21-8-6-5-7-9-21)34-36(31(28)35)24-14-16-25(39-3)17-15-24/h5-17,20,30H,4,18-19H2,1-3H3,(H,33,37)/t20-,30-/m0/s1. The molecule has 40 heavy (non-hydrogen) atoms. The van der Waals surface area contributed by atoms with Crippen LogP contribution in [0.3, 0.4) is 0 Å². The smallest absolute Gasteiger partial charge is 0.240 e. The zero-order valence-corrected chi connectivity index (χ0v) is 23.5. The van der Waals surface area contributed by atoms with E-state index in [4.69, 9.17) is 9.84 Å². The minimum Gasteiger partial charge on any atom is -0.497 e. The van der Waals surface area contributed by atoms with Gasteiger partial charge in [0, 0.05) is 17.2 Å². The van der Waals surface area contributed by atoms with Crippen LogP contribution in [0, 0.1) is 5.82 Å². The Morgan fingerprint density at radius 1 is 1.10 bits per heavy atom. The van der Waals surface area contributed by atoms with E-state index in [1.165, 1.54) is 28.8 Å². The first-order chi connectivity index (χ1) is 19.4. The Bertz CT molecular complexity index is 1490. The van der Waals surface area contributed by atoms with Crippen LogP contribution in [-0.4, -0.2) is 47.0 Å². The largest absolute Gasteiger partial charge is 0.497 e. The molecular weight excluding hydrogens is 527 g/mol. The molecule has 5 rings (SSSR count). The molecule has 4 aromatic rings. The van der Waals surface area contributed by atoms with E-state index in [0.29, 0.717) is 22.9 Å². The molecule has 0 saturated carbocycles. The Kier molecular flexibility index (Phi) is 8.21. The lowest BCUT2D eigenvalue weighted by Crippen LogP contribution is -2.44. The van der Waals surface area contributed by atoms with Crippen molar-refractivity contribution in [3.63, 3.8) is 0 Å². The number of methoxy groups -OCH3 is 1. The molecule has 0 fully saturated rings. The number of amides is 2. The summed E-state index contributed by atoms with van der Waals surface area (Å²) >= 11 is 1.45. The van der Waals surface area contributed by atoms with Gasteiger partial charge in [0.05, 0.1) is 29.5 Å². The van der Waals surface area contributed by atoms with Gasteiger partial charge in [0.25, 0.3) is 0 Å². The molecule has 0 unspecified atom stereocenters. The number of thioether (sulfide) groups is 1. The normalized spacial score (nSPS) is 15.8. The maximum Gasteiger partial charge on any atom is 0.240 e. The summed E-state index contributed by atoms with van der Waals surface area (Å²) in [5, 5.41) is 7.71. The summed E-state index contributed by atoms with van der Waals surface area (Å²) in [6.45, 7) is 3.78. The van der Waals surface area contributed by atoms with E-state index in [2.05, 4.69) is 5.32 Å². The van der Waals surface area contributed by atoms with Gasteiger partial charge in [-0.05, 0) is 55.3 Å². The summed E-state index contributed by atoms with van der Waals surface area (Å²) in [6.07, 6.45) is 0.773. The second-order valence-electron chi connectivity index (χ2n) is 9.66. The minimum absolute atomic E-state index is 0.0261. The molecule has 0 radical (unpaired) electrons. The van der Waals surface area contributed by atoms with Crippen LogP contribution < -0.4 is 15.0 Å². The Hall–Kier alpha value is -4.11. The van der Waals surface area contributed by atoms with Gasteiger partial charge in [-0.2, -0.15) is 5.10 Å². The third-order valence-corrected chi connectivity index (χ3v) is 8.20. The number of benzene rings is 3. The van der Waals surface area contributed by atoms with Gasteiger partial charge in [-0.25, -0.2) is 9.07 Å². The monoisotopic (exact) mass is 558 g/mol. The Labute approximate surface area is 237 Å². The number of carbonyl (C=O) groups is 2. The van der Waals surface area contributed by atoms with Crippen molar-refractivity contribution < 1.29 is 18.7 Å². The second-order valence-corrected chi connectivity index (χ2v) is 10.8. The van der Waals surface area contributed by atoms with Crippen molar-refractivity contribution in [2.75, 3.05) is 24.3 Å². The summed E-state index contributed by atoms with van der Waals surface area (Å²) in [7, 11) is 1.60. The Balaban J connectivity index is 1.76. The van der Waals surface area contributed by atoms with Crippen LogP contribution in [0.2, 0.25) is 0 Å². The fourth-order valence-corrected chi connectivity index (χ4v) is 5.90. The molecule has 2 atom stereocenters. The summed E-state index contributed by atoms with van der Waals surface area (Å²) in [6, 6.07) is 23.5. The number of nitrogens with one attached hydrogen (secondary N) is 1. The first-order valence-corrected chi connectivity index (χ1v) is 14.2. The number of anilines is 1. The number of fused-ring (bicyclic) bond motifs is 1. The van der Waals surface area contributed by atoms with Crippen molar-refractivity contribution in [2.45, 2.75) is 31.6 Å². The van der Waals surface area contributed by atoms with Crippen molar-refractivity contribution in [3.05, 3.63) is 95.8 Å². The highest BCUT2D eigenvalue weighted by Crippen LogP contribution is 2.48. The Morgan fingerprint density at radius 2 is 1.80 bits per heavy atom. The zero-order valence-electron chi connectivity index (χ0n) is 22.6. The molecule has 1 aliphatic rings. The predicted octanol–water partition coefficient (Wildman–Crippen LogP) is 5.77. The lowest BCUT2D eigenvalue weighted by Gasteiger charge is -2.24. The maximum atomic E-state index is 13.9. The van der Waals surface area contributed by atoms with E-state index in [1.807, 2.05) is 68.4 Å². The molecule has 3 aromatic carbocycles. The summed E-state index contributed by atoms with van der Waals surface area (Å²) in [4.78, 5) is 28.4. The predicted molar refractivity (Wildman–Crippen MR) is 157 cm³/mol. The molecule has 1 N–H and O–H groups in total. The average Bonchev–Trinajstić information content (AvgIpc) is 3.30. The third kappa shape index (κ3) is 5.60. The van der Waals surface area contributed by atoms with Crippen LogP contribution in [0.15, 0.2) is 78.9 Å². The summed E-state index contributed by atoms with van der Waals surface area (Å²) in [5.41, 5.74) is 3.91. The van der Waals surface area contributed by atoms with Gasteiger partial charge in [-0.3, -0.25) is 14.5 Å². The molecular formula is C31H31FN4O3S. The molecule has 0 bridgehead atoms. The van der Waals surface area contributed by atoms with Gasteiger partial charge in [0.15, 0.2) is 0 Å². The van der Waals surface area contributed by atoms with Crippen LogP contribution in [0.5, 0.6) is 5.75 Å². The molecule has 9 heteroatoms. The molecule has 1 aromatic heterocycles. The highest BCUT2D eigenvalue weighted by molar-refractivity contribution is 8.00. The number of hydrogen-bond acceptors (Lipinski definition) is 5. The maximum absolute atomic E-state index is 13.9. The number of ether oxygens (including phenoxy) is 1. The highest BCUT2D eigenvalue weighted by atomic mass is 32.2. The van der Waals surface area contributed by atoms with E-state index in [-0.39, 0.29) is 41.2 Å². The van der Waals surface area contributed by atoms with Gasteiger partial charge in [0.2, 0.25) is 11.8 Å². The van der Waals surface area contributed by atoms with Crippen molar-refractivity contribution in [2.24, 2.45) is 0 Å². The van der Waals surface area contributed by atoms with Gasteiger partial charge in [-0.1, -0.05) is 49.4 Å². The fourth-order valence-electron chi connectivity index (χ4n) is 4.70. The average molecular weight is 559 g/mol. The van der Waals surface area contributed by atoms with E-state index < -0.39 is 0 Å². The molecule has 0 spiro atoms. The van der Waals surface area contributed by atoms with Gasteiger partial charge in [-0.15, -0.1) is 11.8 Å². The fraction of sp³-hybridized carbons (Fsp3) is 0.258. The lowest BCUT2D eigenvalue weighted by atomic mass is 9.99. The molecule has 2 heterocycles. The first-order valence-electron chi connectivity index (χ1n) is 13.2. The van der Waals surface area contributed by atoms with E-state index in [1.54, 1.807) is 23.9 Å². The quantitative estimate of drug-likeness (QED) is 0.297. The topological polar surface area (TPSA) is 76.5 Å². The molecule has 0 aliphatic carbocycles. The number of nitrogens with zero attached hydrogens (tertiary/aromatic N) is 3. The van der Waals surface area contributed by atoms with Crippen LogP contribution in [0.25, 0.3) is 16.9 Å². The van der Waals surface area contributed by atoms with Crippen LogP contribution in [0.1, 0.15) is 36.6 Å². The van der Waals surface area contributed by atoms with E-state index in [0.717, 1.165) is 23.1 Å². The van der Waals surface area contributed by atoms with Gasteiger partial charge < -0.3 is 10.1 Å². The first kappa shape index (κ1) is 27.5. The van der Waals surface area contributed by atoms with Crippen LogP contribution in [0.4, 0.5) is 10.2 Å². The number of rotatable bonds is 8. The molecule has 2 amide bonds. The highest BCUT2D eigenvalue weighted by Gasteiger charge is 2.37. The van der Waals surface area contributed by atoms with Crippen molar-refractivity contribution in [3.8, 4) is 22.7 Å². The number of carbonyl (C=O) groups excluding carboxylic acids is 2. The molecule has 1 aliphatic heterocycles. The number of halogens is 1. The van der Waals surface area contributed by atoms with Crippen molar-refractivity contribution >= 4 is 29.4 Å². The molecule has 0 saturated heterocycles. The zero-order chi connectivity index (χ0) is 28.2.